The van der Waals surface area contributed by atoms with Crippen LogP contribution < -0.4 is 0 Å². The normalized spacial score (nSPS) is 49.4. The molecule has 1 saturated heterocycles. The summed E-state index contributed by atoms with van der Waals surface area (Å²) in [6.07, 6.45) is 2.34. The summed E-state index contributed by atoms with van der Waals surface area (Å²) >= 11 is 0. The molecule has 0 amide bonds. The molecule has 4 heteroatoms. The van der Waals surface area contributed by atoms with E-state index < -0.39 is 11.0 Å². The van der Waals surface area contributed by atoms with Gasteiger partial charge in [0.25, 0.3) is 0 Å². The smallest absolute Gasteiger partial charge is 0.350 e. The number of hydrogen-bond donors (Lipinski definition) is 0. The molecule has 3 fully saturated rings. The van der Waals surface area contributed by atoms with Gasteiger partial charge in [-0.1, -0.05) is 27.7 Å². The van der Waals surface area contributed by atoms with Crippen LogP contribution in [0.3, 0.4) is 0 Å². The van der Waals surface area contributed by atoms with E-state index in [0.29, 0.717) is 18.3 Å². The van der Waals surface area contributed by atoms with Crippen molar-refractivity contribution in [3.05, 3.63) is 0 Å². The Morgan fingerprint density at radius 3 is 2.55 bits per heavy atom. The molecular formula is C16H24O4. The third-order valence-corrected chi connectivity index (χ3v) is 6.70. The minimum absolute atomic E-state index is 0.0256. The first kappa shape index (κ1) is 13.9. The molecule has 0 aromatic carbocycles. The molecule has 5 atom stereocenters. The summed E-state index contributed by atoms with van der Waals surface area (Å²) in [5.74, 6) is 0.127. The van der Waals surface area contributed by atoms with Crippen molar-refractivity contribution in [1.29, 1.82) is 0 Å². The number of ether oxygens (including phenoxy) is 2. The molecule has 0 spiro atoms. The highest BCUT2D eigenvalue weighted by molar-refractivity contribution is 5.93. The predicted octanol–water partition coefficient (Wildman–Crippen LogP) is 2.55. The lowest BCUT2D eigenvalue weighted by molar-refractivity contribution is -0.183. The number of carbonyl (C=O) groups is 2. The molecule has 20 heavy (non-hydrogen) atoms. The topological polar surface area (TPSA) is 52.6 Å². The van der Waals surface area contributed by atoms with Crippen LogP contribution in [-0.4, -0.2) is 24.6 Å². The number of esters is 2. The zero-order valence-corrected chi connectivity index (χ0v) is 13.0. The average Bonchev–Trinajstić information content (AvgIpc) is 2.94. The molecule has 0 radical (unpaired) electrons. The van der Waals surface area contributed by atoms with Crippen LogP contribution in [0.25, 0.3) is 0 Å². The van der Waals surface area contributed by atoms with E-state index in [-0.39, 0.29) is 23.3 Å². The SMILES string of the molecule is COC(=O)C12CCC3(C(=O)O1)C2C(C)CC3(C)C(C)C. The van der Waals surface area contributed by atoms with Gasteiger partial charge in [0.15, 0.2) is 0 Å². The van der Waals surface area contributed by atoms with Gasteiger partial charge in [-0.25, -0.2) is 4.79 Å². The van der Waals surface area contributed by atoms with Gasteiger partial charge in [-0.15, -0.1) is 0 Å². The summed E-state index contributed by atoms with van der Waals surface area (Å²) in [6.45, 7) is 8.70. The van der Waals surface area contributed by atoms with Crippen molar-refractivity contribution in [2.24, 2.45) is 28.6 Å². The van der Waals surface area contributed by atoms with Gasteiger partial charge in [0.05, 0.1) is 12.5 Å². The molecule has 3 rings (SSSR count). The van der Waals surface area contributed by atoms with Gasteiger partial charge in [-0.2, -0.15) is 0 Å². The Labute approximate surface area is 120 Å². The maximum absolute atomic E-state index is 12.7. The highest BCUT2D eigenvalue weighted by atomic mass is 16.6. The lowest BCUT2D eigenvalue weighted by atomic mass is 9.59. The highest BCUT2D eigenvalue weighted by Crippen LogP contribution is 2.75. The number of methoxy groups -OCH3 is 1. The second-order valence-corrected chi connectivity index (χ2v) is 7.47. The van der Waals surface area contributed by atoms with Gasteiger partial charge >= 0.3 is 11.9 Å². The summed E-state index contributed by atoms with van der Waals surface area (Å²) in [5.41, 5.74) is -1.60. The molecule has 2 saturated carbocycles. The average molecular weight is 280 g/mol. The molecule has 1 heterocycles. The fourth-order valence-electron chi connectivity index (χ4n) is 5.67. The molecule has 2 aliphatic carbocycles. The van der Waals surface area contributed by atoms with Crippen molar-refractivity contribution < 1.29 is 19.1 Å². The van der Waals surface area contributed by atoms with E-state index in [2.05, 4.69) is 27.7 Å². The first-order valence-electron chi connectivity index (χ1n) is 7.58. The molecule has 4 nitrogen and oxygen atoms in total. The quantitative estimate of drug-likeness (QED) is 0.729. The Morgan fingerprint density at radius 2 is 2.05 bits per heavy atom. The van der Waals surface area contributed by atoms with Crippen LogP contribution in [0.4, 0.5) is 0 Å². The lowest BCUT2D eigenvalue weighted by Gasteiger charge is -2.43. The van der Waals surface area contributed by atoms with E-state index in [9.17, 15) is 9.59 Å². The molecule has 3 aliphatic rings. The standard InChI is InChI=1S/C16H24O4/c1-9(2)14(4)8-10(3)11-15(14)6-7-16(11,13(18)19-5)20-12(15)17/h9-11H,6-8H2,1-5H3. The Morgan fingerprint density at radius 1 is 1.40 bits per heavy atom. The van der Waals surface area contributed by atoms with E-state index in [1.807, 2.05) is 0 Å². The first-order valence-corrected chi connectivity index (χ1v) is 7.58. The van der Waals surface area contributed by atoms with Crippen molar-refractivity contribution in [2.75, 3.05) is 7.11 Å². The van der Waals surface area contributed by atoms with Crippen LogP contribution >= 0.6 is 0 Å². The fourth-order valence-corrected chi connectivity index (χ4v) is 5.67. The summed E-state index contributed by atoms with van der Waals surface area (Å²) in [5, 5.41) is 0. The summed E-state index contributed by atoms with van der Waals surface area (Å²) in [7, 11) is 1.38. The zero-order valence-electron chi connectivity index (χ0n) is 13.0. The maximum atomic E-state index is 12.7. The molecule has 0 aromatic rings. The highest BCUT2D eigenvalue weighted by Gasteiger charge is 2.82. The third-order valence-electron chi connectivity index (χ3n) is 6.70. The van der Waals surface area contributed by atoms with E-state index in [4.69, 9.17) is 9.47 Å². The van der Waals surface area contributed by atoms with Gasteiger partial charge in [-0.3, -0.25) is 4.79 Å². The van der Waals surface area contributed by atoms with Gasteiger partial charge in [0.2, 0.25) is 5.60 Å². The molecular weight excluding hydrogens is 256 g/mol. The van der Waals surface area contributed by atoms with Gasteiger partial charge in [0.1, 0.15) is 0 Å². The minimum Gasteiger partial charge on any atom is -0.466 e. The van der Waals surface area contributed by atoms with Crippen molar-refractivity contribution in [1.82, 2.24) is 0 Å². The Balaban J connectivity index is 2.17. The van der Waals surface area contributed by atoms with E-state index in [1.54, 1.807) is 0 Å². The summed E-state index contributed by atoms with van der Waals surface area (Å²) < 4.78 is 10.6. The largest absolute Gasteiger partial charge is 0.466 e. The Bertz CT molecular complexity index is 485. The first-order chi connectivity index (χ1) is 9.26. The predicted molar refractivity (Wildman–Crippen MR) is 72.7 cm³/mol. The van der Waals surface area contributed by atoms with E-state index >= 15 is 0 Å². The molecule has 5 unspecified atom stereocenters. The summed E-state index contributed by atoms with van der Waals surface area (Å²) in [6, 6.07) is 0. The van der Waals surface area contributed by atoms with Crippen LogP contribution in [0.5, 0.6) is 0 Å². The van der Waals surface area contributed by atoms with Crippen LogP contribution in [-0.2, 0) is 19.1 Å². The summed E-state index contributed by atoms with van der Waals surface area (Å²) in [4.78, 5) is 25.0. The van der Waals surface area contributed by atoms with Crippen molar-refractivity contribution in [2.45, 2.75) is 52.6 Å². The molecule has 2 bridgehead atoms. The second kappa shape index (κ2) is 3.77. The molecule has 0 aromatic heterocycles. The maximum Gasteiger partial charge on any atom is 0.350 e. The minimum atomic E-state index is -1.02. The van der Waals surface area contributed by atoms with E-state index in [1.165, 1.54) is 7.11 Å². The molecule has 0 N–H and O–H groups in total. The van der Waals surface area contributed by atoms with Crippen LogP contribution in [0.15, 0.2) is 0 Å². The Hall–Kier alpha value is -1.06. The van der Waals surface area contributed by atoms with Crippen LogP contribution in [0, 0.1) is 28.6 Å². The van der Waals surface area contributed by atoms with Crippen molar-refractivity contribution in [3.63, 3.8) is 0 Å². The fraction of sp³-hybridized carbons (Fsp3) is 0.875. The zero-order chi connectivity index (χ0) is 14.9. The van der Waals surface area contributed by atoms with Gasteiger partial charge < -0.3 is 9.47 Å². The van der Waals surface area contributed by atoms with Crippen LogP contribution in [0.1, 0.15) is 47.0 Å². The van der Waals surface area contributed by atoms with Crippen LogP contribution in [0.2, 0.25) is 0 Å². The monoisotopic (exact) mass is 280 g/mol. The lowest BCUT2D eigenvalue weighted by Crippen LogP contribution is -2.45. The number of rotatable bonds is 2. The molecule has 1 aliphatic heterocycles. The van der Waals surface area contributed by atoms with Gasteiger partial charge in [-0.05, 0) is 36.5 Å². The number of hydrogen-bond acceptors (Lipinski definition) is 4. The number of carbonyl (C=O) groups excluding carboxylic acids is 2. The molecule has 112 valence electrons. The second-order valence-electron chi connectivity index (χ2n) is 7.47. The van der Waals surface area contributed by atoms with Crippen molar-refractivity contribution in [3.8, 4) is 0 Å². The third kappa shape index (κ3) is 1.16. The van der Waals surface area contributed by atoms with Crippen molar-refractivity contribution >= 4 is 11.9 Å². The Kier molecular flexibility index (Phi) is 2.62. The van der Waals surface area contributed by atoms with Gasteiger partial charge in [0, 0.05) is 5.92 Å². The van der Waals surface area contributed by atoms with E-state index in [0.717, 1.165) is 12.8 Å².